The number of hydrogen-bond acceptors (Lipinski definition) is 4. The lowest BCUT2D eigenvalue weighted by molar-refractivity contribution is 0.101. The number of aromatic nitrogens is 3. The Morgan fingerprint density at radius 3 is 2.39 bits per heavy atom. The maximum atomic E-state index is 13.4. The lowest BCUT2D eigenvalue weighted by Gasteiger charge is -2.07. The first-order valence-electron chi connectivity index (χ1n) is 9.70. The van der Waals surface area contributed by atoms with Gasteiger partial charge in [0.25, 0.3) is 5.91 Å². The highest BCUT2D eigenvalue weighted by Crippen LogP contribution is 2.24. The molecule has 0 saturated heterocycles. The standard InChI is InChI=1S/C24H21FN4O2/c1-15-4-5-16(2)21(14-15)26-24(30)22-27-23(17-6-8-18(25)9-7-17)29(28-22)19-10-12-20(31-3)13-11-19/h4-14H,1-3H3,(H,26,30). The molecule has 1 aromatic heterocycles. The summed E-state index contributed by atoms with van der Waals surface area (Å²) >= 11 is 0. The summed E-state index contributed by atoms with van der Waals surface area (Å²) in [6.07, 6.45) is 0. The quantitative estimate of drug-likeness (QED) is 0.500. The molecule has 6 nitrogen and oxygen atoms in total. The number of methoxy groups -OCH3 is 1. The van der Waals surface area contributed by atoms with Gasteiger partial charge in [-0.2, -0.15) is 0 Å². The molecule has 31 heavy (non-hydrogen) atoms. The van der Waals surface area contributed by atoms with E-state index in [1.54, 1.807) is 36.1 Å². The van der Waals surface area contributed by atoms with Crippen LogP contribution in [0.25, 0.3) is 17.1 Å². The van der Waals surface area contributed by atoms with Gasteiger partial charge in [-0.05, 0) is 79.6 Å². The summed E-state index contributed by atoms with van der Waals surface area (Å²) in [6, 6.07) is 18.9. The van der Waals surface area contributed by atoms with Gasteiger partial charge in [-0.25, -0.2) is 14.1 Å². The molecule has 0 aliphatic carbocycles. The maximum absolute atomic E-state index is 13.4. The van der Waals surface area contributed by atoms with Crippen LogP contribution in [0.5, 0.6) is 5.75 Å². The first kappa shape index (κ1) is 20.3. The Morgan fingerprint density at radius 1 is 1.00 bits per heavy atom. The number of hydrogen-bond donors (Lipinski definition) is 1. The molecule has 1 amide bonds. The zero-order valence-corrected chi connectivity index (χ0v) is 17.4. The normalized spacial score (nSPS) is 10.7. The zero-order valence-electron chi connectivity index (χ0n) is 17.4. The van der Waals surface area contributed by atoms with Crippen molar-refractivity contribution in [2.24, 2.45) is 0 Å². The molecule has 0 aliphatic heterocycles. The van der Waals surface area contributed by atoms with Crippen molar-refractivity contribution in [2.45, 2.75) is 13.8 Å². The minimum absolute atomic E-state index is 0.0102. The van der Waals surface area contributed by atoms with Crippen LogP contribution < -0.4 is 10.1 Å². The largest absolute Gasteiger partial charge is 0.497 e. The Balaban J connectivity index is 1.75. The molecule has 4 rings (SSSR count). The summed E-state index contributed by atoms with van der Waals surface area (Å²) in [5.74, 6) is 0.351. The predicted molar refractivity (Wildman–Crippen MR) is 117 cm³/mol. The average Bonchev–Trinajstić information content (AvgIpc) is 3.22. The van der Waals surface area contributed by atoms with Crippen molar-refractivity contribution in [3.05, 3.63) is 89.5 Å². The molecule has 1 N–H and O–H groups in total. The Morgan fingerprint density at radius 2 is 1.71 bits per heavy atom. The van der Waals surface area contributed by atoms with Gasteiger partial charge in [0.15, 0.2) is 5.82 Å². The van der Waals surface area contributed by atoms with Crippen molar-refractivity contribution < 1.29 is 13.9 Å². The summed E-state index contributed by atoms with van der Waals surface area (Å²) in [4.78, 5) is 17.4. The summed E-state index contributed by atoms with van der Waals surface area (Å²) in [5, 5.41) is 7.32. The number of carbonyl (C=O) groups is 1. The molecular formula is C24H21FN4O2. The zero-order chi connectivity index (χ0) is 22.0. The van der Waals surface area contributed by atoms with Crippen molar-refractivity contribution in [1.29, 1.82) is 0 Å². The SMILES string of the molecule is COc1ccc(-n2nc(C(=O)Nc3cc(C)ccc3C)nc2-c2ccc(F)cc2)cc1. The van der Waals surface area contributed by atoms with Crippen LogP contribution in [-0.4, -0.2) is 27.8 Å². The van der Waals surface area contributed by atoms with E-state index in [-0.39, 0.29) is 11.6 Å². The summed E-state index contributed by atoms with van der Waals surface area (Å²) < 4.78 is 20.2. The van der Waals surface area contributed by atoms with Crippen LogP contribution in [0.15, 0.2) is 66.7 Å². The van der Waals surface area contributed by atoms with Crippen molar-refractivity contribution >= 4 is 11.6 Å². The van der Waals surface area contributed by atoms with Crippen molar-refractivity contribution in [2.75, 3.05) is 12.4 Å². The van der Waals surface area contributed by atoms with Crippen LogP contribution >= 0.6 is 0 Å². The van der Waals surface area contributed by atoms with Crippen LogP contribution in [0.1, 0.15) is 21.7 Å². The molecule has 0 bridgehead atoms. The second kappa shape index (κ2) is 8.39. The Bertz CT molecular complexity index is 1230. The minimum Gasteiger partial charge on any atom is -0.497 e. The van der Waals surface area contributed by atoms with E-state index in [1.807, 2.05) is 44.2 Å². The van der Waals surface area contributed by atoms with Gasteiger partial charge in [-0.1, -0.05) is 12.1 Å². The van der Waals surface area contributed by atoms with Crippen LogP contribution in [0.3, 0.4) is 0 Å². The van der Waals surface area contributed by atoms with E-state index < -0.39 is 5.91 Å². The van der Waals surface area contributed by atoms with E-state index >= 15 is 0 Å². The van der Waals surface area contributed by atoms with Gasteiger partial charge in [0.2, 0.25) is 5.82 Å². The number of ether oxygens (including phenoxy) is 1. The van der Waals surface area contributed by atoms with Crippen molar-refractivity contribution in [3.8, 4) is 22.8 Å². The molecule has 1 heterocycles. The number of carbonyl (C=O) groups excluding carboxylic acids is 1. The second-order valence-corrected chi connectivity index (χ2v) is 7.15. The van der Waals surface area contributed by atoms with Crippen LogP contribution in [-0.2, 0) is 0 Å². The minimum atomic E-state index is -0.427. The van der Waals surface area contributed by atoms with E-state index in [4.69, 9.17) is 4.74 Å². The number of rotatable bonds is 5. The van der Waals surface area contributed by atoms with Gasteiger partial charge in [-0.3, -0.25) is 4.79 Å². The number of nitrogens with zero attached hydrogens (tertiary/aromatic N) is 3. The smallest absolute Gasteiger partial charge is 0.295 e. The highest BCUT2D eigenvalue weighted by atomic mass is 19.1. The summed E-state index contributed by atoms with van der Waals surface area (Å²) in [5.41, 5.74) is 4.00. The van der Waals surface area contributed by atoms with Crippen molar-refractivity contribution in [3.63, 3.8) is 0 Å². The lowest BCUT2D eigenvalue weighted by atomic mass is 10.1. The fraction of sp³-hybridized carbons (Fsp3) is 0.125. The number of anilines is 1. The predicted octanol–water partition coefficient (Wildman–Crippen LogP) is 4.95. The monoisotopic (exact) mass is 416 g/mol. The van der Waals surface area contributed by atoms with Crippen LogP contribution in [0, 0.1) is 19.7 Å². The van der Waals surface area contributed by atoms with Gasteiger partial charge in [0.05, 0.1) is 12.8 Å². The second-order valence-electron chi connectivity index (χ2n) is 7.15. The Hall–Kier alpha value is -4.00. The summed E-state index contributed by atoms with van der Waals surface area (Å²) in [7, 11) is 1.59. The highest BCUT2D eigenvalue weighted by Gasteiger charge is 2.19. The first-order valence-corrected chi connectivity index (χ1v) is 9.70. The average molecular weight is 416 g/mol. The van der Waals surface area contributed by atoms with Gasteiger partial charge >= 0.3 is 0 Å². The number of benzene rings is 3. The van der Waals surface area contributed by atoms with Gasteiger partial charge in [0, 0.05) is 11.3 Å². The van der Waals surface area contributed by atoms with E-state index in [0.29, 0.717) is 28.5 Å². The molecular weight excluding hydrogens is 395 g/mol. The van der Waals surface area contributed by atoms with E-state index in [1.165, 1.54) is 12.1 Å². The lowest BCUT2D eigenvalue weighted by Crippen LogP contribution is -2.15. The molecule has 0 aliphatic rings. The third-order valence-corrected chi connectivity index (χ3v) is 4.87. The third-order valence-electron chi connectivity index (χ3n) is 4.87. The van der Waals surface area contributed by atoms with E-state index in [2.05, 4.69) is 15.4 Å². The molecule has 156 valence electrons. The Kier molecular flexibility index (Phi) is 5.49. The molecule has 0 unspecified atom stereocenters. The number of halogens is 1. The highest BCUT2D eigenvalue weighted by molar-refractivity contribution is 6.02. The molecule has 0 fully saturated rings. The molecule has 4 aromatic rings. The van der Waals surface area contributed by atoms with Crippen LogP contribution in [0.2, 0.25) is 0 Å². The number of nitrogens with one attached hydrogen (secondary N) is 1. The van der Waals surface area contributed by atoms with Gasteiger partial charge < -0.3 is 10.1 Å². The molecule has 0 spiro atoms. The van der Waals surface area contributed by atoms with E-state index in [0.717, 1.165) is 11.1 Å². The maximum Gasteiger partial charge on any atom is 0.295 e. The third kappa shape index (κ3) is 4.30. The summed E-state index contributed by atoms with van der Waals surface area (Å²) in [6.45, 7) is 3.88. The fourth-order valence-electron chi connectivity index (χ4n) is 3.15. The molecule has 0 saturated carbocycles. The molecule has 0 radical (unpaired) electrons. The molecule has 0 atom stereocenters. The van der Waals surface area contributed by atoms with Crippen LogP contribution in [0.4, 0.5) is 10.1 Å². The number of aryl methyl sites for hydroxylation is 2. The molecule has 3 aromatic carbocycles. The first-order chi connectivity index (χ1) is 14.9. The van der Waals surface area contributed by atoms with Gasteiger partial charge in [-0.15, -0.1) is 5.10 Å². The topological polar surface area (TPSA) is 69.0 Å². The van der Waals surface area contributed by atoms with Gasteiger partial charge in [0.1, 0.15) is 11.6 Å². The molecule has 7 heteroatoms. The fourth-order valence-corrected chi connectivity index (χ4v) is 3.15. The van der Waals surface area contributed by atoms with Crippen molar-refractivity contribution in [1.82, 2.24) is 14.8 Å². The number of amides is 1. The Labute approximate surface area is 179 Å². The van der Waals surface area contributed by atoms with E-state index in [9.17, 15) is 9.18 Å².